The minimum Gasteiger partial charge on any atom is -0.416 e. The molecule has 8 heteroatoms. The first-order valence-corrected chi connectivity index (χ1v) is 5.97. The van der Waals surface area contributed by atoms with E-state index in [1.807, 2.05) is 13.8 Å². The molecular formula is C11H14N4O4. The number of nitro groups is 1. The van der Waals surface area contributed by atoms with E-state index in [0.717, 1.165) is 13.0 Å². The van der Waals surface area contributed by atoms with Gasteiger partial charge in [0.25, 0.3) is 5.89 Å². The fourth-order valence-electron chi connectivity index (χ4n) is 1.67. The Labute approximate surface area is 109 Å². The fraction of sp³-hybridized carbons (Fsp3) is 0.455. The van der Waals surface area contributed by atoms with Crippen molar-refractivity contribution in [2.75, 3.05) is 6.54 Å². The highest BCUT2D eigenvalue weighted by atomic mass is 16.6. The molecule has 0 aliphatic carbocycles. The molecule has 0 aliphatic heterocycles. The lowest BCUT2D eigenvalue weighted by atomic mass is 10.2. The summed E-state index contributed by atoms with van der Waals surface area (Å²) >= 11 is 0. The third-order valence-corrected chi connectivity index (χ3v) is 2.58. The zero-order valence-electron chi connectivity index (χ0n) is 10.6. The smallest absolute Gasteiger partial charge is 0.416 e. The maximum Gasteiger partial charge on any atom is 0.433 e. The Bertz CT molecular complexity index is 563. The minimum absolute atomic E-state index is 0.0313. The molecular weight excluding hydrogens is 252 g/mol. The molecule has 0 saturated carbocycles. The van der Waals surface area contributed by atoms with Gasteiger partial charge < -0.3 is 14.2 Å². The molecule has 102 valence electrons. The van der Waals surface area contributed by atoms with Gasteiger partial charge in [-0.2, -0.15) is 0 Å². The SMILES string of the molecule is CCNC(CC)c1nnc(-c2ccc([N+](=O)[O-])o2)o1. The van der Waals surface area contributed by atoms with Crippen LogP contribution in [0.5, 0.6) is 0 Å². The second-order valence-electron chi connectivity index (χ2n) is 3.86. The summed E-state index contributed by atoms with van der Waals surface area (Å²) in [6.45, 7) is 4.76. The summed E-state index contributed by atoms with van der Waals surface area (Å²) in [5.74, 6) is 0.420. The Morgan fingerprint density at radius 3 is 2.74 bits per heavy atom. The van der Waals surface area contributed by atoms with Crippen molar-refractivity contribution in [3.05, 3.63) is 28.1 Å². The van der Waals surface area contributed by atoms with Crippen LogP contribution in [-0.4, -0.2) is 21.7 Å². The Balaban J connectivity index is 2.21. The molecule has 0 radical (unpaired) electrons. The highest BCUT2D eigenvalue weighted by Crippen LogP contribution is 2.26. The topological polar surface area (TPSA) is 107 Å². The van der Waals surface area contributed by atoms with Crippen molar-refractivity contribution < 1.29 is 13.8 Å². The van der Waals surface area contributed by atoms with E-state index in [4.69, 9.17) is 8.83 Å². The van der Waals surface area contributed by atoms with Crippen LogP contribution in [0.3, 0.4) is 0 Å². The Kier molecular flexibility index (Phi) is 3.91. The van der Waals surface area contributed by atoms with Gasteiger partial charge in [0.1, 0.15) is 4.92 Å². The first kappa shape index (κ1) is 13.2. The lowest BCUT2D eigenvalue weighted by molar-refractivity contribution is -0.401. The van der Waals surface area contributed by atoms with E-state index in [0.29, 0.717) is 5.89 Å². The maximum absolute atomic E-state index is 10.5. The molecule has 0 aromatic carbocycles. The van der Waals surface area contributed by atoms with Crippen molar-refractivity contribution in [3.63, 3.8) is 0 Å². The Morgan fingerprint density at radius 2 is 2.16 bits per heavy atom. The van der Waals surface area contributed by atoms with E-state index in [1.54, 1.807) is 0 Å². The van der Waals surface area contributed by atoms with Gasteiger partial charge in [0.15, 0.2) is 5.76 Å². The van der Waals surface area contributed by atoms with Gasteiger partial charge in [0, 0.05) is 0 Å². The summed E-state index contributed by atoms with van der Waals surface area (Å²) in [6, 6.07) is 2.65. The largest absolute Gasteiger partial charge is 0.433 e. The number of hydrogen-bond donors (Lipinski definition) is 1. The van der Waals surface area contributed by atoms with E-state index in [-0.39, 0.29) is 23.6 Å². The van der Waals surface area contributed by atoms with Gasteiger partial charge in [-0.05, 0) is 19.0 Å². The van der Waals surface area contributed by atoms with E-state index in [9.17, 15) is 10.1 Å². The van der Waals surface area contributed by atoms with Gasteiger partial charge in [-0.3, -0.25) is 10.1 Å². The summed E-state index contributed by atoms with van der Waals surface area (Å²) in [4.78, 5) is 9.91. The number of nitrogens with one attached hydrogen (secondary N) is 1. The van der Waals surface area contributed by atoms with Crippen LogP contribution >= 0.6 is 0 Å². The first-order valence-electron chi connectivity index (χ1n) is 5.97. The van der Waals surface area contributed by atoms with Crippen LogP contribution < -0.4 is 5.32 Å². The third-order valence-electron chi connectivity index (χ3n) is 2.58. The van der Waals surface area contributed by atoms with Gasteiger partial charge in [-0.1, -0.05) is 13.8 Å². The summed E-state index contributed by atoms with van der Waals surface area (Å²) in [7, 11) is 0. The van der Waals surface area contributed by atoms with Crippen molar-refractivity contribution in [1.82, 2.24) is 15.5 Å². The number of nitrogens with zero attached hydrogens (tertiary/aromatic N) is 3. The summed E-state index contributed by atoms with van der Waals surface area (Å²) in [5, 5.41) is 21.5. The second kappa shape index (κ2) is 5.61. The van der Waals surface area contributed by atoms with Gasteiger partial charge in [-0.25, -0.2) is 0 Å². The average Bonchev–Trinajstić information content (AvgIpc) is 3.03. The molecule has 1 N–H and O–H groups in total. The van der Waals surface area contributed by atoms with Crippen LogP contribution in [0.1, 0.15) is 32.2 Å². The molecule has 0 amide bonds. The Hall–Kier alpha value is -2.22. The van der Waals surface area contributed by atoms with Crippen molar-refractivity contribution in [2.24, 2.45) is 0 Å². The molecule has 2 aromatic rings. The van der Waals surface area contributed by atoms with Crippen LogP contribution in [0.15, 0.2) is 21.0 Å². The molecule has 0 fully saturated rings. The van der Waals surface area contributed by atoms with Gasteiger partial charge in [0.05, 0.1) is 12.1 Å². The van der Waals surface area contributed by atoms with Crippen LogP contribution in [0.4, 0.5) is 5.88 Å². The molecule has 1 atom stereocenters. The lowest BCUT2D eigenvalue weighted by Crippen LogP contribution is -2.20. The molecule has 19 heavy (non-hydrogen) atoms. The van der Waals surface area contributed by atoms with Gasteiger partial charge >= 0.3 is 5.88 Å². The standard InChI is InChI=1S/C11H14N4O4/c1-3-7(12-4-2)10-13-14-11(19-10)8-5-6-9(18-8)15(16)17/h5-7,12H,3-4H2,1-2H3. The Morgan fingerprint density at radius 1 is 1.37 bits per heavy atom. The van der Waals surface area contributed by atoms with Crippen LogP contribution in [0.2, 0.25) is 0 Å². The zero-order chi connectivity index (χ0) is 13.8. The maximum atomic E-state index is 10.5. The molecule has 1 unspecified atom stereocenters. The van der Waals surface area contributed by atoms with E-state index in [1.165, 1.54) is 12.1 Å². The fourth-order valence-corrected chi connectivity index (χ4v) is 1.67. The predicted octanol–water partition coefficient (Wildman–Crippen LogP) is 2.30. The first-order chi connectivity index (χ1) is 9.15. The van der Waals surface area contributed by atoms with Gasteiger partial charge in [-0.15, -0.1) is 10.2 Å². The summed E-state index contributed by atoms with van der Waals surface area (Å²) in [6.07, 6.45) is 0.799. The van der Waals surface area contributed by atoms with Crippen molar-refractivity contribution in [2.45, 2.75) is 26.3 Å². The molecule has 8 nitrogen and oxygen atoms in total. The van der Waals surface area contributed by atoms with Crippen molar-refractivity contribution >= 4 is 5.88 Å². The normalized spacial score (nSPS) is 12.5. The lowest BCUT2D eigenvalue weighted by Gasteiger charge is -2.09. The third kappa shape index (κ3) is 2.79. The minimum atomic E-state index is -0.617. The van der Waals surface area contributed by atoms with Crippen LogP contribution in [0, 0.1) is 10.1 Å². The van der Waals surface area contributed by atoms with Crippen LogP contribution in [-0.2, 0) is 0 Å². The number of hydrogen-bond acceptors (Lipinski definition) is 7. The molecule has 0 spiro atoms. The number of rotatable bonds is 6. The predicted molar refractivity (Wildman–Crippen MR) is 65.4 cm³/mol. The highest BCUT2D eigenvalue weighted by Gasteiger charge is 2.20. The quantitative estimate of drug-likeness (QED) is 0.631. The summed E-state index contributed by atoms with van der Waals surface area (Å²) < 4.78 is 10.5. The monoisotopic (exact) mass is 266 g/mol. The molecule has 2 aromatic heterocycles. The molecule has 0 saturated heterocycles. The molecule has 0 aliphatic rings. The van der Waals surface area contributed by atoms with Crippen LogP contribution in [0.25, 0.3) is 11.7 Å². The number of aromatic nitrogens is 2. The highest BCUT2D eigenvalue weighted by molar-refractivity contribution is 5.46. The summed E-state index contributed by atoms with van der Waals surface area (Å²) in [5.41, 5.74) is 0. The van der Waals surface area contributed by atoms with Gasteiger partial charge in [0.2, 0.25) is 5.89 Å². The second-order valence-corrected chi connectivity index (χ2v) is 3.86. The molecule has 2 heterocycles. The molecule has 2 rings (SSSR count). The number of furan rings is 1. The van der Waals surface area contributed by atoms with E-state index in [2.05, 4.69) is 15.5 Å². The van der Waals surface area contributed by atoms with Crippen molar-refractivity contribution in [1.29, 1.82) is 0 Å². The average molecular weight is 266 g/mol. The van der Waals surface area contributed by atoms with Crippen molar-refractivity contribution in [3.8, 4) is 11.7 Å². The zero-order valence-corrected chi connectivity index (χ0v) is 10.6. The van der Waals surface area contributed by atoms with E-state index < -0.39 is 4.92 Å². The van der Waals surface area contributed by atoms with E-state index >= 15 is 0 Å². The molecule has 0 bridgehead atoms.